The van der Waals surface area contributed by atoms with Crippen LogP contribution in [0.4, 0.5) is 5.88 Å². The first-order valence-electron chi connectivity index (χ1n) is 4.39. The van der Waals surface area contributed by atoms with Gasteiger partial charge < -0.3 is 4.52 Å². The first kappa shape index (κ1) is 9.77. The van der Waals surface area contributed by atoms with Crippen LogP contribution in [0.3, 0.4) is 0 Å². The summed E-state index contributed by atoms with van der Waals surface area (Å²) in [6.07, 6.45) is 2.91. The molecule has 0 aliphatic rings. The first-order valence-corrected chi connectivity index (χ1v) is 4.39. The van der Waals surface area contributed by atoms with Crippen LogP contribution in [0.25, 0.3) is 0 Å². The van der Waals surface area contributed by atoms with E-state index in [2.05, 4.69) is 24.3 Å². The maximum atomic E-state index is 11.2. The third-order valence-corrected chi connectivity index (χ3v) is 1.65. The molecule has 0 spiro atoms. The molecule has 1 heterocycles. The van der Waals surface area contributed by atoms with E-state index < -0.39 is 0 Å². The lowest BCUT2D eigenvalue weighted by molar-refractivity contribution is -0.116. The number of aromatic nitrogens is 1. The predicted molar refractivity (Wildman–Crippen MR) is 49.2 cm³/mol. The number of nitrogens with one attached hydrogen (secondary N) is 1. The fourth-order valence-corrected chi connectivity index (χ4v) is 0.900. The zero-order valence-electron chi connectivity index (χ0n) is 7.91. The van der Waals surface area contributed by atoms with Crippen LogP contribution < -0.4 is 5.32 Å². The number of anilines is 1. The molecular formula is C9H14N2O2. The van der Waals surface area contributed by atoms with Gasteiger partial charge >= 0.3 is 0 Å². The minimum atomic E-state index is -0.0227. The largest absolute Gasteiger partial charge is 0.338 e. The molecule has 0 atom stereocenters. The number of rotatable bonds is 4. The minimum absolute atomic E-state index is 0.0227. The summed E-state index contributed by atoms with van der Waals surface area (Å²) in [4.78, 5) is 11.2. The van der Waals surface area contributed by atoms with Crippen molar-refractivity contribution in [3.05, 3.63) is 12.3 Å². The number of hydrogen-bond donors (Lipinski definition) is 1. The lowest BCUT2D eigenvalue weighted by Gasteiger charge is -2.03. The molecule has 4 heteroatoms. The molecule has 1 aromatic heterocycles. The monoisotopic (exact) mass is 182 g/mol. The average molecular weight is 182 g/mol. The van der Waals surface area contributed by atoms with Crippen molar-refractivity contribution in [2.75, 3.05) is 5.32 Å². The van der Waals surface area contributed by atoms with Gasteiger partial charge in [0.15, 0.2) is 0 Å². The Labute approximate surface area is 77.3 Å². The summed E-state index contributed by atoms with van der Waals surface area (Å²) in [5.74, 6) is 0.930. The van der Waals surface area contributed by atoms with Crippen LogP contribution in [0.2, 0.25) is 0 Å². The second kappa shape index (κ2) is 4.64. The summed E-state index contributed by atoms with van der Waals surface area (Å²) in [6.45, 7) is 4.17. The van der Waals surface area contributed by atoms with Gasteiger partial charge in [-0.25, -0.2) is 0 Å². The smallest absolute Gasteiger partial charge is 0.231 e. The number of carbonyl (C=O) groups excluding carboxylic acids is 1. The number of amides is 1. The highest BCUT2D eigenvalue weighted by molar-refractivity contribution is 5.89. The van der Waals surface area contributed by atoms with E-state index in [4.69, 9.17) is 4.52 Å². The Morgan fingerprint density at radius 3 is 3.00 bits per heavy atom. The van der Waals surface area contributed by atoms with E-state index in [9.17, 15) is 4.79 Å². The molecule has 0 radical (unpaired) electrons. The molecule has 0 aliphatic carbocycles. The van der Waals surface area contributed by atoms with Crippen LogP contribution in [0, 0.1) is 5.92 Å². The van der Waals surface area contributed by atoms with Gasteiger partial charge in [0.1, 0.15) is 0 Å². The van der Waals surface area contributed by atoms with E-state index in [-0.39, 0.29) is 5.91 Å². The molecular weight excluding hydrogens is 168 g/mol. The van der Waals surface area contributed by atoms with E-state index in [0.717, 1.165) is 6.42 Å². The van der Waals surface area contributed by atoms with Crippen molar-refractivity contribution in [1.82, 2.24) is 5.16 Å². The second-order valence-corrected chi connectivity index (χ2v) is 3.36. The van der Waals surface area contributed by atoms with Gasteiger partial charge in [-0.15, -0.1) is 0 Å². The Bertz CT molecular complexity index is 255. The lowest BCUT2D eigenvalue weighted by atomic mass is 10.1. The average Bonchev–Trinajstić information content (AvgIpc) is 2.53. The van der Waals surface area contributed by atoms with Crippen molar-refractivity contribution in [2.45, 2.75) is 26.7 Å². The molecule has 1 aromatic rings. The molecule has 0 saturated heterocycles. The van der Waals surface area contributed by atoms with Crippen molar-refractivity contribution in [1.29, 1.82) is 0 Å². The molecule has 72 valence electrons. The van der Waals surface area contributed by atoms with Crippen LogP contribution in [0.1, 0.15) is 26.7 Å². The standard InChI is InChI=1S/C9H14N2O2/c1-7(2)3-4-8(12)11-9-5-6-10-13-9/h5-7H,3-4H2,1-2H3,(H,11,12). The predicted octanol–water partition coefficient (Wildman–Crippen LogP) is 2.05. The Balaban J connectivity index is 2.26. The van der Waals surface area contributed by atoms with Crippen LogP contribution >= 0.6 is 0 Å². The number of carbonyl (C=O) groups is 1. The van der Waals surface area contributed by atoms with E-state index in [1.807, 2.05) is 0 Å². The van der Waals surface area contributed by atoms with Crippen LogP contribution in [-0.2, 0) is 4.79 Å². The van der Waals surface area contributed by atoms with E-state index in [1.54, 1.807) is 6.07 Å². The zero-order chi connectivity index (χ0) is 9.68. The van der Waals surface area contributed by atoms with Gasteiger partial charge in [-0.3, -0.25) is 10.1 Å². The molecule has 1 N–H and O–H groups in total. The Kier molecular flexibility index (Phi) is 3.49. The normalized spacial score (nSPS) is 10.4. The Morgan fingerprint density at radius 2 is 2.46 bits per heavy atom. The highest BCUT2D eigenvalue weighted by Crippen LogP contribution is 2.07. The lowest BCUT2D eigenvalue weighted by Crippen LogP contribution is -2.11. The summed E-state index contributed by atoms with van der Waals surface area (Å²) in [6, 6.07) is 1.62. The van der Waals surface area contributed by atoms with Crippen molar-refractivity contribution in [3.63, 3.8) is 0 Å². The van der Waals surface area contributed by atoms with Gasteiger partial charge in [-0.1, -0.05) is 19.0 Å². The molecule has 0 bridgehead atoms. The fourth-order valence-electron chi connectivity index (χ4n) is 0.900. The highest BCUT2D eigenvalue weighted by Gasteiger charge is 2.05. The van der Waals surface area contributed by atoms with Gasteiger partial charge in [0, 0.05) is 12.5 Å². The molecule has 0 unspecified atom stereocenters. The quantitative estimate of drug-likeness (QED) is 0.775. The van der Waals surface area contributed by atoms with Crippen LogP contribution in [0.5, 0.6) is 0 Å². The molecule has 13 heavy (non-hydrogen) atoms. The molecule has 0 fully saturated rings. The number of hydrogen-bond acceptors (Lipinski definition) is 3. The van der Waals surface area contributed by atoms with E-state index in [0.29, 0.717) is 18.2 Å². The van der Waals surface area contributed by atoms with Gasteiger partial charge in [0.05, 0.1) is 6.20 Å². The minimum Gasteiger partial charge on any atom is -0.338 e. The molecule has 0 aliphatic heterocycles. The number of nitrogens with zero attached hydrogens (tertiary/aromatic N) is 1. The third kappa shape index (κ3) is 3.73. The summed E-state index contributed by atoms with van der Waals surface area (Å²) in [7, 11) is 0. The molecule has 1 amide bonds. The highest BCUT2D eigenvalue weighted by atomic mass is 16.5. The summed E-state index contributed by atoms with van der Waals surface area (Å²) in [5, 5.41) is 6.09. The van der Waals surface area contributed by atoms with Crippen molar-refractivity contribution < 1.29 is 9.32 Å². The van der Waals surface area contributed by atoms with E-state index >= 15 is 0 Å². The fraction of sp³-hybridized carbons (Fsp3) is 0.556. The van der Waals surface area contributed by atoms with Crippen molar-refractivity contribution in [3.8, 4) is 0 Å². The third-order valence-electron chi connectivity index (χ3n) is 1.65. The van der Waals surface area contributed by atoms with Crippen LogP contribution in [0.15, 0.2) is 16.8 Å². The van der Waals surface area contributed by atoms with Gasteiger partial charge in [-0.05, 0) is 12.3 Å². The van der Waals surface area contributed by atoms with Gasteiger partial charge in [0.2, 0.25) is 11.8 Å². The Morgan fingerprint density at radius 1 is 1.69 bits per heavy atom. The molecule has 0 saturated carbocycles. The molecule has 0 aromatic carbocycles. The first-order chi connectivity index (χ1) is 6.18. The van der Waals surface area contributed by atoms with Crippen molar-refractivity contribution >= 4 is 11.8 Å². The maximum absolute atomic E-state index is 11.2. The van der Waals surface area contributed by atoms with Crippen molar-refractivity contribution in [2.24, 2.45) is 5.92 Å². The summed E-state index contributed by atoms with van der Waals surface area (Å²) >= 11 is 0. The summed E-state index contributed by atoms with van der Waals surface area (Å²) < 4.78 is 4.73. The SMILES string of the molecule is CC(C)CCC(=O)Nc1ccno1. The Hall–Kier alpha value is -1.32. The molecule has 1 rings (SSSR count). The van der Waals surface area contributed by atoms with E-state index in [1.165, 1.54) is 6.20 Å². The van der Waals surface area contributed by atoms with Gasteiger partial charge in [0.25, 0.3) is 0 Å². The molecule has 4 nitrogen and oxygen atoms in total. The van der Waals surface area contributed by atoms with Crippen LogP contribution in [-0.4, -0.2) is 11.1 Å². The summed E-state index contributed by atoms with van der Waals surface area (Å²) in [5.41, 5.74) is 0. The second-order valence-electron chi connectivity index (χ2n) is 3.36. The topological polar surface area (TPSA) is 55.1 Å². The van der Waals surface area contributed by atoms with Gasteiger partial charge in [-0.2, -0.15) is 0 Å². The maximum Gasteiger partial charge on any atom is 0.231 e. The zero-order valence-corrected chi connectivity index (χ0v) is 7.91.